The van der Waals surface area contributed by atoms with Crippen molar-refractivity contribution < 1.29 is 34.1 Å². The van der Waals surface area contributed by atoms with Crippen LogP contribution >= 0.6 is 23.5 Å². The molecule has 0 spiro atoms. The standard InChI is InChI=1S/C17H16N2O7S2/c1-26-8-2-4-9(5-3-8)27-7-11(20)18-12-14(21)19-13(17(24)25)10(16(22)23)6-28-15(12)19/h2-5,12,15H,6-7H2,1H3,(H,18,20)(H,22,23)(H,24,25)/t12?,15-/m1/s1. The first-order valence-electron chi connectivity index (χ1n) is 8.04. The number of carbonyl (C=O) groups excluding carboxylic acids is 2. The highest BCUT2D eigenvalue weighted by molar-refractivity contribution is 8.00. The molecule has 0 bridgehead atoms. The number of thioether (sulfide) groups is 2. The second kappa shape index (κ2) is 8.15. The highest BCUT2D eigenvalue weighted by Crippen LogP contribution is 2.40. The van der Waals surface area contributed by atoms with Gasteiger partial charge in [-0.2, -0.15) is 0 Å². The number of nitrogens with zero attached hydrogens (tertiary/aromatic N) is 1. The molecule has 11 heteroatoms. The van der Waals surface area contributed by atoms with Crippen LogP contribution in [0.1, 0.15) is 0 Å². The SMILES string of the molecule is COc1ccc(SCC(=O)NC2C(=O)N3C(C(=O)O)=C(C(=O)O)CS[C@H]23)cc1. The molecule has 2 aliphatic rings. The molecular formula is C17H16N2O7S2. The van der Waals surface area contributed by atoms with Crippen LogP contribution in [-0.2, 0) is 19.2 Å². The molecule has 1 fully saturated rings. The lowest BCUT2D eigenvalue weighted by Crippen LogP contribution is -2.70. The third-order valence-electron chi connectivity index (χ3n) is 4.17. The lowest BCUT2D eigenvalue weighted by molar-refractivity contribution is -0.151. The molecule has 2 aliphatic heterocycles. The van der Waals surface area contributed by atoms with Gasteiger partial charge in [-0.1, -0.05) is 0 Å². The van der Waals surface area contributed by atoms with Crippen LogP contribution in [0.2, 0.25) is 0 Å². The minimum atomic E-state index is -1.48. The van der Waals surface area contributed by atoms with Crippen LogP contribution in [0.3, 0.4) is 0 Å². The number of rotatable bonds is 7. The van der Waals surface area contributed by atoms with E-state index >= 15 is 0 Å². The van der Waals surface area contributed by atoms with Gasteiger partial charge in [-0.25, -0.2) is 9.59 Å². The Morgan fingerprint density at radius 2 is 1.93 bits per heavy atom. The van der Waals surface area contributed by atoms with Crippen LogP contribution in [0.4, 0.5) is 0 Å². The number of amides is 2. The van der Waals surface area contributed by atoms with E-state index in [1.54, 1.807) is 31.4 Å². The number of carbonyl (C=O) groups is 4. The molecule has 0 radical (unpaired) electrons. The maximum Gasteiger partial charge on any atom is 0.353 e. The molecule has 2 atom stereocenters. The third-order valence-corrected chi connectivity index (χ3v) is 6.47. The quantitative estimate of drug-likeness (QED) is 0.425. The lowest BCUT2D eigenvalue weighted by atomic mass is 10.0. The van der Waals surface area contributed by atoms with Gasteiger partial charge in [0.05, 0.1) is 18.4 Å². The molecule has 2 amide bonds. The van der Waals surface area contributed by atoms with Crippen LogP contribution in [0.25, 0.3) is 0 Å². The Kier molecular flexibility index (Phi) is 5.84. The van der Waals surface area contributed by atoms with Crippen LogP contribution in [-0.4, -0.2) is 68.9 Å². The van der Waals surface area contributed by atoms with Crippen molar-refractivity contribution in [3.63, 3.8) is 0 Å². The largest absolute Gasteiger partial charge is 0.497 e. The summed E-state index contributed by atoms with van der Waals surface area (Å²) in [6.07, 6.45) is 0. The van der Waals surface area contributed by atoms with E-state index in [4.69, 9.17) is 9.84 Å². The van der Waals surface area contributed by atoms with E-state index in [1.165, 1.54) is 11.8 Å². The Balaban J connectivity index is 1.60. The Morgan fingerprint density at radius 1 is 1.25 bits per heavy atom. The summed E-state index contributed by atoms with van der Waals surface area (Å²) in [6.45, 7) is 0. The van der Waals surface area contributed by atoms with Crippen LogP contribution in [0.5, 0.6) is 5.75 Å². The highest BCUT2D eigenvalue weighted by atomic mass is 32.2. The number of carboxylic acids is 2. The van der Waals surface area contributed by atoms with Crippen molar-refractivity contribution in [3.8, 4) is 5.75 Å². The number of β-lactam (4-membered cyclic amide) rings is 1. The molecule has 0 saturated carbocycles. The summed E-state index contributed by atoms with van der Waals surface area (Å²) in [7, 11) is 1.56. The van der Waals surface area contributed by atoms with Crippen molar-refractivity contribution in [2.45, 2.75) is 16.3 Å². The first-order chi connectivity index (χ1) is 13.3. The Morgan fingerprint density at radius 3 is 2.50 bits per heavy atom. The molecule has 3 rings (SSSR count). The lowest BCUT2D eigenvalue weighted by Gasteiger charge is -2.48. The first-order valence-corrected chi connectivity index (χ1v) is 10.1. The zero-order valence-corrected chi connectivity index (χ0v) is 16.2. The number of hydrogen-bond donors (Lipinski definition) is 3. The first kappa shape index (κ1) is 20.1. The van der Waals surface area contributed by atoms with Crippen molar-refractivity contribution in [2.75, 3.05) is 18.6 Å². The summed E-state index contributed by atoms with van der Waals surface area (Å²) in [5.41, 5.74) is -0.860. The smallest absolute Gasteiger partial charge is 0.353 e. The molecular weight excluding hydrogens is 408 g/mol. The zero-order chi connectivity index (χ0) is 20.4. The monoisotopic (exact) mass is 424 g/mol. The Labute approximate surface area is 168 Å². The Hall–Kier alpha value is -2.66. The van der Waals surface area contributed by atoms with Gasteiger partial charge in [0.1, 0.15) is 22.9 Å². The average Bonchev–Trinajstić information content (AvgIpc) is 2.69. The van der Waals surface area contributed by atoms with Gasteiger partial charge in [0.15, 0.2) is 0 Å². The number of carboxylic acid groups (broad SMARTS) is 2. The molecule has 2 heterocycles. The highest BCUT2D eigenvalue weighted by Gasteiger charge is 2.54. The average molecular weight is 424 g/mol. The second-order valence-electron chi connectivity index (χ2n) is 5.86. The molecule has 1 aromatic rings. The second-order valence-corrected chi connectivity index (χ2v) is 8.01. The van der Waals surface area contributed by atoms with Gasteiger partial charge in [-0.3, -0.25) is 14.5 Å². The number of fused-ring (bicyclic) bond motifs is 1. The van der Waals surface area contributed by atoms with Gasteiger partial charge in [-0.05, 0) is 24.3 Å². The van der Waals surface area contributed by atoms with E-state index in [-0.39, 0.29) is 23.0 Å². The zero-order valence-electron chi connectivity index (χ0n) is 14.6. The van der Waals surface area contributed by atoms with E-state index in [9.17, 15) is 24.3 Å². The molecule has 0 aliphatic carbocycles. The predicted octanol–water partition coefficient (Wildman–Crippen LogP) is 0.611. The van der Waals surface area contributed by atoms with Crippen molar-refractivity contribution in [1.29, 1.82) is 0 Å². The maximum absolute atomic E-state index is 12.3. The Bertz CT molecular complexity index is 869. The van der Waals surface area contributed by atoms with Crippen LogP contribution in [0.15, 0.2) is 40.4 Å². The summed E-state index contributed by atoms with van der Waals surface area (Å²) >= 11 is 2.39. The molecule has 1 unspecified atom stereocenters. The minimum Gasteiger partial charge on any atom is -0.497 e. The van der Waals surface area contributed by atoms with Gasteiger partial charge in [0.2, 0.25) is 5.91 Å². The minimum absolute atomic E-state index is 0.0572. The maximum atomic E-state index is 12.3. The summed E-state index contributed by atoms with van der Waals surface area (Å²) < 4.78 is 5.06. The molecule has 3 N–H and O–H groups in total. The van der Waals surface area contributed by atoms with Crippen molar-refractivity contribution >= 4 is 47.3 Å². The number of methoxy groups -OCH3 is 1. The molecule has 28 heavy (non-hydrogen) atoms. The summed E-state index contributed by atoms with van der Waals surface area (Å²) in [6, 6.07) is 6.28. The van der Waals surface area contributed by atoms with E-state index < -0.39 is 35.0 Å². The summed E-state index contributed by atoms with van der Waals surface area (Å²) in [5.74, 6) is -3.13. The van der Waals surface area contributed by atoms with E-state index in [2.05, 4.69) is 5.32 Å². The van der Waals surface area contributed by atoms with Gasteiger partial charge >= 0.3 is 11.9 Å². The van der Waals surface area contributed by atoms with Gasteiger partial charge in [0.25, 0.3) is 5.91 Å². The van der Waals surface area contributed by atoms with Crippen molar-refractivity contribution in [2.24, 2.45) is 0 Å². The van der Waals surface area contributed by atoms with Crippen molar-refractivity contribution in [1.82, 2.24) is 10.2 Å². The van der Waals surface area contributed by atoms with E-state index in [1.807, 2.05) is 0 Å². The fourth-order valence-corrected chi connectivity index (χ4v) is 4.86. The number of ether oxygens (including phenoxy) is 1. The fraction of sp³-hybridized carbons (Fsp3) is 0.294. The molecule has 9 nitrogen and oxygen atoms in total. The van der Waals surface area contributed by atoms with E-state index in [0.29, 0.717) is 5.75 Å². The normalized spacial score (nSPS) is 20.9. The number of nitrogens with one attached hydrogen (secondary N) is 1. The van der Waals surface area contributed by atoms with Gasteiger partial charge in [0, 0.05) is 10.6 Å². The molecule has 1 saturated heterocycles. The van der Waals surface area contributed by atoms with Crippen LogP contribution in [0, 0.1) is 0 Å². The summed E-state index contributed by atoms with van der Waals surface area (Å²) in [5, 5.41) is 20.4. The van der Waals surface area contributed by atoms with Crippen molar-refractivity contribution in [3.05, 3.63) is 35.5 Å². The number of hydrogen-bond acceptors (Lipinski definition) is 7. The summed E-state index contributed by atoms with van der Waals surface area (Å²) in [4.78, 5) is 49.0. The van der Waals surface area contributed by atoms with E-state index in [0.717, 1.165) is 21.6 Å². The third kappa shape index (κ3) is 3.80. The number of aliphatic carboxylic acids is 2. The molecule has 1 aromatic carbocycles. The number of benzene rings is 1. The topological polar surface area (TPSA) is 133 Å². The molecule has 148 valence electrons. The van der Waals surface area contributed by atoms with Gasteiger partial charge in [-0.15, -0.1) is 23.5 Å². The molecule has 0 aromatic heterocycles. The van der Waals surface area contributed by atoms with Gasteiger partial charge < -0.3 is 20.3 Å². The predicted molar refractivity (Wildman–Crippen MR) is 101 cm³/mol. The fourth-order valence-electron chi connectivity index (χ4n) is 2.82. The van der Waals surface area contributed by atoms with Crippen LogP contribution < -0.4 is 10.1 Å².